The zero-order chi connectivity index (χ0) is 7.56. The molecule has 1 aliphatic carbocycles. The number of hydrogen-bond acceptors (Lipinski definition) is 1. The summed E-state index contributed by atoms with van der Waals surface area (Å²) in [6.07, 6.45) is 4.15. The van der Waals surface area contributed by atoms with Gasteiger partial charge in [0.2, 0.25) is 0 Å². The van der Waals surface area contributed by atoms with Gasteiger partial charge in [-0.3, -0.25) is 0 Å². The van der Waals surface area contributed by atoms with Crippen LogP contribution in [0.4, 0.5) is 0 Å². The smallest absolute Gasteiger partial charge is 0.00694 e. The van der Waals surface area contributed by atoms with Crippen LogP contribution in [-0.2, 0) is 0 Å². The van der Waals surface area contributed by atoms with Crippen molar-refractivity contribution in [1.82, 2.24) is 5.32 Å². The van der Waals surface area contributed by atoms with E-state index in [2.05, 4.69) is 26.1 Å². The Morgan fingerprint density at radius 3 is 2.40 bits per heavy atom. The molecule has 0 radical (unpaired) electrons. The average Bonchev–Trinajstić information content (AvgIpc) is 2.68. The Morgan fingerprint density at radius 1 is 1.40 bits per heavy atom. The second-order valence-corrected chi connectivity index (χ2v) is 3.60. The fourth-order valence-electron chi connectivity index (χ4n) is 1.30. The molecule has 2 unspecified atom stereocenters. The van der Waals surface area contributed by atoms with Crippen LogP contribution < -0.4 is 5.32 Å². The van der Waals surface area contributed by atoms with Crippen molar-refractivity contribution in [2.75, 3.05) is 0 Å². The first-order valence-electron chi connectivity index (χ1n) is 4.50. The lowest BCUT2D eigenvalue weighted by atomic mass is 10.1. The van der Waals surface area contributed by atoms with Gasteiger partial charge in [0.25, 0.3) is 0 Å². The Hall–Kier alpha value is -0.0400. The molecule has 0 aromatic carbocycles. The zero-order valence-corrected chi connectivity index (χ0v) is 7.35. The summed E-state index contributed by atoms with van der Waals surface area (Å²) in [5, 5.41) is 3.59. The van der Waals surface area contributed by atoms with Crippen molar-refractivity contribution >= 4 is 0 Å². The molecule has 60 valence electrons. The van der Waals surface area contributed by atoms with Crippen molar-refractivity contribution in [2.45, 2.75) is 52.1 Å². The van der Waals surface area contributed by atoms with Gasteiger partial charge in [-0.2, -0.15) is 0 Å². The van der Waals surface area contributed by atoms with Gasteiger partial charge >= 0.3 is 0 Å². The highest BCUT2D eigenvalue weighted by molar-refractivity contribution is 4.84. The Morgan fingerprint density at radius 2 is 2.00 bits per heavy atom. The molecular formula is C9H19N. The molecule has 0 aromatic rings. The van der Waals surface area contributed by atoms with Gasteiger partial charge in [0.15, 0.2) is 0 Å². The van der Waals surface area contributed by atoms with Crippen molar-refractivity contribution in [1.29, 1.82) is 0 Å². The molecule has 1 heteroatoms. The van der Waals surface area contributed by atoms with E-state index in [4.69, 9.17) is 0 Å². The van der Waals surface area contributed by atoms with Crippen LogP contribution in [0.15, 0.2) is 0 Å². The van der Waals surface area contributed by atoms with E-state index in [1.807, 2.05) is 0 Å². The van der Waals surface area contributed by atoms with E-state index in [-0.39, 0.29) is 0 Å². The maximum absolute atomic E-state index is 3.59. The van der Waals surface area contributed by atoms with E-state index >= 15 is 0 Å². The van der Waals surface area contributed by atoms with Gasteiger partial charge in [-0.25, -0.2) is 0 Å². The molecule has 1 saturated carbocycles. The summed E-state index contributed by atoms with van der Waals surface area (Å²) in [4.78, 5) is 0. The normalized spacial score (nSPS) is 24.3. The maximum atomic E-state index is 3.59. The van der Waals surface area contributed by atoms with Crippen LogP contribution >= 0.6 is 0 Å². The number of nitrogens with one attached hydrogen (secondary N) is 1. The molecule has 1 N–H and O–H groups in total. The Kier molecular flexibility index (Phi) is 2.72. The molecule has 0 aromatic heterocycles. The third-order valence-electron chi connectivity index (χ3n) is 2.49. The number of rotatable bonds is 4. The summed E-state index contributed by atoms with van der Waals surface area (Å²) in [6.45, 7) is 6.81. The highest BCUT2D eigenvalue weighted by Gasteiger charge is 2.27. The van der Waals surface area contributed by atoms with Gasteiger partial charge < -0.3 is 5.32 Å². The highest BCUT2D eigenvalue weighted by Crippen LogP contribution is 2.32. The van der Waals surface area contributed by atoms with Gasteiger partial charge in [-0.05, 0) is 39.0 Å². The summed E-state index contributed by atoms with van der Waals surface area (Å²) >= 11 is 0. The van der Waals surface area contributed by atoms with E-state index < -0.39 is 0 Å². The summed E-state index contributed by atoms with van der Waals surface area (Å²) in [5.41, 5.74) is 0. The monoisotopic (exact) mass is 141 g/mol. The van der Waals surface area contributed by atoms with Crippen LogP contribution in [0.2, 0.25) is 0 Å². The van der Waals surface area contributed by atoms with E-state index in [1.165, 1.54) is 19.3 Å². The lowest BCUT2D eigenvalue weighted by molar-refractivity contribution is 0.425. The minimum Gasteiger partial charge on any atom is -0.312 e. The van der Waals surface area contributed by atoms with Crippen molar-refractivity contribution in [2.24, 2.45) is 5.92 Å². The SMILES string of the molecule is CCC(C)NC(C)C1CC1. The fraction of sp³-hybridized carbons (Fsp3) is 1.00. The second-order valence-electron chi connectivity index (χ2n) is 3.60. The van der Waals surface area contributed by atoms with Crippen LogP contribution in [0.3, 0.4) is 0 Å². The van der Waals surface area contributed by atoms with Crippen LogP contribution in [0.5, 0.6) is 0 Å². The predicted molar refractivity (Wildman–Crippen MR) is 45.1 cm³/mol. The molecule has 0 spiro atoms. The summed E-state index contributed by atoms with van der Waals surface area (Å²) < 4.78 is 0. The van der Waals surface area contributed by atoms with Crippen LogP contribution in [0.1, 0.15) is 40.0 Å². The topological polar surface area (TPSA) is 12.0 Å². The molecule has 1 nitrogen and oxygen atoms in total. The molecule has 10 heavy (non-hydrogen) atoms. The summed E-state index contributed by atoms with van der Waals surface area (Å²) in [7, 11) is 0. The lowest BCUT2D eigenvalue weighted by Crippen LogP contribution is -2.35. The Bertz CT molecular complexity index is 96.9. The average molecular weight is 141 g/mol. The standard InChI is InChI=1S/C9H19N/c1-4-7(2)10-8(3)9-5-6-9/h7-10H,4-6H2,1-3H3. The van der Waals surface area contributed by atoms with Crippen LogP contribution in [0.25, 0.3) is 0 Å². The first kappa shape index (κ1) is 8.06. The van der Waals surface area contributed by atoms with Gasteiger partial charge in [-0.1, -0.05) is 6.92 Å². The maximum Gasteiger partial charge on any atom is 0.00694 e. The first-order chi connectivity index (χ1) is 4.74. The Balaban J connectivity index is 2.10. The first-order valence-corrected chi connectivity index (χ1v) is 4.50. The van der Waals surface area contributed by atoms with Gasteiger partial charge in [0.1, 0.15) is 0 Å². The lowest BCUT2D eigenvalue weighted by Gasteiger charge is -2.17. The Labute approximate surface area is 64.2 Å². The fourth-order valence-corrected chi connectivity index (χ4v) is 1.30. The van der Waals surface area contributed by atoms with E-state index in [0.717, 1.165) is 12.0 Å². The quantitative estimate of drug-likeness (QED) is 0.632. The number of hydrogen-bond donors (Lipinski definition) is 1. The zero-order valence-electron chi connectivity index (χ0n) is 7.35. The second kappa shape index (κ2) is 3.38. The minimum atomic E-state index is 0.704. The molecule has 0 saturated heterocycles. The van der Waals surface area contributed by atoms with E-state index in [0.29, 0.717) is 6.04 Å². The van der Waals surface area contributed by atoms with Gasteiger partial charge in [0.05, 0.1) is 0 Å². The molecule has 2 atom stereocenters. The predicted octanol–water partition coefficient (Wildman–Crippen LogP) is 2.17. The largest absolute Gasteiger partial charge is 0.312 e. The van der Waals surface area contributed by atoms with Crippen LogP contribution in [0, 0.1) is 5.92 Å². The van der Waals surface area contributed by atoms with Crippen molar-refractivity contribution in [3.05, 3.63) is 0 Å². The molecule has 0 aliphatic heterocycles. The molecule has 0 heterocycles. The highest BCUT2D eigenvalue weighted by atomic mass is 14.9. The van der Waals surface area contributed by atoms with Crippen molar-refractivity contribution in [3.8, 4) is 0 Å². The van der Waals surface area contributed by atoms with Crippen LogP contribution in [-0.4, -0.2) is 12.1 Å². The van der Waals surface area contributed by atoms with Crippen molar-refractivity contribution < 1.29 is 0 Å². The summed E-state index contributed by atoms with van der Waals surface area (Å²) in [5.74, 6) is 0.994. The minimum absolute atomic E-state index is 0.704. The third-order valence-corrected chi connectivity index (χ3v) is 2.49. The van der Waals surface area contributed by atoms with Gasteiger partial charge in [-0.15, -0.1) is 0 Å². The molecule has 0 amide bonds. The molecular weight excluding hydrogens is 122 g/mol. The summed E-state index contributed by atoms with van der Waals surface area (Å²) in [6, 6.07) is 1.46. The third kappa shape index (κ3) is 2.30. The van der Waals surface area contributed by atoms with Crippen molar-refractivity contribution in [3.63, 3.8) is 0 Å². The molecule has 1 aliphatic rings. The van der Waals surface area contributed by atoms with E-state index in [1.54, 1.807) is 0 Å². The van der Waals surface area contributed by atoms with Gasteiger partial charge in [0, 0.05) is 12.1 Å². The molecule has 0 bridgehead atoms. The molecule has 1 fully saturated rings. The molecule has 1 rings (SSSR count). The van der Waals surface area contributed by atoms with E-state index in [9.17, 15) is 0 Å².